The quantitative estimate of drug-likeness (QED) is 0.610. The van der Waals surface area contributed by atoms with Gasteiger partial charge in [0.15, 0.2) is 0 Å². The first-order valence-electron chi connectivity index (χ1n) is 5.94. The molecule has 0 amide bonds. The summed E-state index contributed by atoms with van der Waals surface area (Å²) in [7, 11) is 0. The van der Waals surface area contributed by atoms with E-state index in [0.717, 1.165) is 5.70 Å². The van der Waals surface area contributed by atoms with Gasteiger partial charge in [0.25, 0.3) is 0 Å². The molecule has 0 radical (unpaired) electrons. The summed E-state index contributed by atoms with van der Waals surface area (Å²) in [6, 6.07) is 10.0. The van der Waals surface area contributed by atoms with Gasteiger partial charge in [-0.2, -0.15) is 0 Å². The maximum absolute atomic E-state index is 11.2. The summed E-state index contributed by atoms with van der Waals surface area (Å²) in [6.45, 7) is 2.89. The van der Waals surface area contributed by atoms with E-state index in [-0.39, 0.29) is 12.4 Å². The minimum absolute atomic E-state index is 0.235. The maximum atomic E-state index is 11.2. The largest absolute Gasteiger partial charge is 0.466 e. The van der Waals surface area contributed by atoms with Gasteiger partial charge in [-0.1, -0.05) is 36.4 Å². The van der Waals surface area contributed by atoms with Crippen LogP contribution in [0.3, 0.4) is 0 Å². The van der Waals surface area contributed by atoms with Gasteiger partial charge in [0.2, 0.25) is 0 Å². The van der Waals surface area contributed by atoms with Crippen molar-refractivity contribution in [1.82, 2.24) is 5.32 Å². The number of carbonyl (C=O) groups is 1. The molecule has 0 spiro atoms. The van der Waals surface area contributed by atoms with Crippen molar-refractivity contribution in [1.29, 1.82) is 0 Å². The Labute approximate surface area is 113 Å². The topological polar surface area (TPSA) is 38.3 Å². The van der Waals surface area contributed by atoms with Crippen molar-refractivity contribution in [3.63, 3.8) is 0 Å². The molecule has 0 bridgehead atoms. The molecular weight excluding hydrogens is 250 g/mol. The molecule has 0 aliphatic heterocycles. The smallest absolute Gasteiger partial charge is 0.309 e. The predicted molar refractivity (Wildman–Crippen MR) is 73.3 cm³/mol. The van der Waals surface area contributed by atoms with E-state index in [1.165, 1.54) is 5.56 Å². The minimum atomic E-state index is -0.235. The van der Waals surface area contributed by atoms with Crippen molar-refractivity contribution in [3.05, 3.63) is 47.7 Å². The van der Waals surface area contributed by atoms with E-state index in [1.54, 1.807) is 13.0 Å². The Morgan fingerprint density at radius 2 is 2.11 bits per heavy atom. The number of rotatable bonds is 7. The highest BCUT2D eigenvalue weighted by atomic mass is 35.5. The first-order chi connectivity index (χ1) is 8.76. The summed E-state index contributed by atoms with van der Waals surface area (Å²) in [5.41, 5.74) is 2.01. The highest BCUT2D eigenvalue weighted by Gasteiger charge is 2.01. The third-order valence-electron chi connectivity index (χ3n) is 2.33. The lowest BCUT2D eigenvalue weighted by Gasteiger charge is -2.08. The summed E-state index contributed by atoms with van der Waals surface area (Å²) in [5, 5.41) is 3.20. The first-order valence-corrected chi connectivity index (χ1v) is 6.48. The molecular formula is C14H18ClNO2. The Morgan fingerprint density at radius 3 is 2.72 bits per heavy atom. The van der Waals surface area contributed by atoms with Crippen molar-refractivity contribution in [2.75, 3.05) is 12.5 Å². The van der Waals surface area contributed by atoms with Crippen LogP contribution < -0.4 is 5.32 Å². The Hall–Kier alpha value is -1.48. The van der Waals surface area contributed by atoms with Crippen LogP contribution in [0.2, 0.25) is 0 Å². The van der Waals surface area contributed by atoms with Gasteiger partial charge in [-0.3, -0.25) is 4.79 Å². The summed E-state index contributed by atoms with van der Waals surface area (Å²) < 4.78 is 4.85. The number of benzene rings is 1. The van der Waals surface area contributed by atoms with E-state index in [0.29, 0.717) is 19.0 Å². The van der Waals surface area contributed by atoms with E-state index in [1.807, 2.05) is 30.3 Å². The van der Waals surface area contributed by atoms with Crippen molar-refractivity contribution < 1.29 is 9.53 Å². The average molecular weight is 268 g/mol. The molecule has 0 fully saturated rings. The molecule has 18 heavy (non-hydrogen) atoms. The number of allylic oxidation sites excluding steroid dienone is 1. The molecule has 0 saturated carbocycles. The summed E-state index contributed by atoms with van der Waals surface area (Å²) in [5.74, 6) is 0.119. The lowest BCUT2D eigenvalue weighted by molar-refractivity contribution is -0.142. The normalized spacial score (nSPS) is 11.1. The van der Waals surface area contributed by atoms with Gasteiger partial charge >= 0.3 is 5.97 Å². The Balaban J connectivity index is 2.42. The highest BCUT2D eigenvalue weighted by molar-refractivity contribution is 6.19. The number of hydrogen-bond acceptors (Lipinski definition) is 3. The van der Waals surface area contributed by atoms with E-state index < -0.39 is 0 Å². The van der Waals surface area contributed by atoms with Crippen LogP contribution in [-0.2, 0) is 16.1 Å². The number of nitrogens with one attached hydrogen (secondary N) is 1. The van der Waals surface area contributed by atoms with E-state index in [2.05, 4.69) is 5.32 Å². The van der Waals surface area contributed by atoms with Crippen LogP contribution in [0.15, 0.2) is 42.1 Å². The van der Waals surface area contributed by atoms with Gasteiger partial charge in [-0.25, -0.2) is 0 Å². The zero-order chi connectivity index (χ0) is 13.2. The molecule has 0 aliphatic rings. The van der Waals surface area contributed by atoms with E-state index in [4.69, 9.17) is 16.3 Å². The highest BCUT2D eigenvalue weighted by Crippen LogP contribution is 2.02. The van der Waals surface area contributed by atoms with Crippen LogP contribution in [0.5, 0.6) is 0 Å². The fourth-order valence-electron chi connectivity index (χ4n) is 1.41. The Kier molecular flexibility index (Phi) is 6.96. The number of hydrogen-bond donors (Lipinski definition) is 1. The summed E-state index contributed by atoms with van der Waals surface area (Å²) in [6.07, 6.45) is 2.02. The molecule has 1 rings (SSSR count). The fraction of sp³-hybridized carbons (Fsp3) is 0.357. The van der Waals surface area contributed by atoms with Crippen molar-refractivity contribution in [2.24, 2.45) is 0 Å². The van der Waals surface area contributed by atoms with Crippen LogP contribution in [-0.4, -0.2) is 18.5 Å². The standard InChI is InChI=1S/C14H18ClNO2/c1-2-18-14(17)9-8-13(10-15)16-11-12-6-4-3-5-7-12/h3-8,16H,2,9-11H2,1H3. The number of halogens is 1. The SMILES string of the molecule is CCOC(=O)CC=C(CCl)NCc1ccccc1. The molecule has 98 valence electrons. The van der Waals surface area contributed by atoms with Crippen molar-refractivity contribution in [2.45, 2.75) is 19.9 Å². The predicted octanol–water partition coefficient (Wildman–Crippen LogP) is 2.85. The fourth-order valence-corrected chi connectivity index (χ4v) is 1.62. The zero-order valence-corrected chi connectivity index (χ0v) is 11.2. The molecule has 0 aromatic heterocycles. The van der Waals surface area contributed by atoms with Crippen LogP contribution in [0.1, 0.15) is 18.9 Å². The molecule has 0 unspecified atom stereocenters. The molecule has 3 nitrogen and oxygen atoms in total. The van der Waals surface area contributed by atoms with Crippen LogP contribution >= 0.6 is 11.6 Å². The second-order valence-corrected chi connectivity index (χ2v) is 3.98. The number of carbonyl (C=O) groups excluding carboxylic acids is 1. The second-order valence-electron chi connectivity index (χ2n) is 3.71. The monoisotopic (exact) mass is 267 g/mol. The van der Waals surface area contributed by atoms with Gasteiger partial charge in [0.05, 0.1) is 18.9 Å². The molecule has 0 aliphatic carbocycles. The summed E-state index contributed by atoms with van der Waals surface area (Å²) in [4.78, 5) is 11.2. The third kappa shape index (κ3) is 5.73. The second kappa shape index (κ2) is 8.59. The van der Waals surface area contributed by atoms with Crippen LogP contribution in [0, 0.1) is 0 Å². The number of alkyl halides is 1. The first kappa shape index (κ1) is 14.6. The van der Waals surface area contributed by atoms with Gasteiger partial charge in [-0.15, -0.1) is 11.6 Å². The van der Waals surface area contributed by atoms with Crippen molar-refractivity contribution in [3.8, 4) is 0 Å². The van der Waals surface area contributed by atoms with E-state index >= 15 is 0 Å². The average Bonchev–Trinajstić information content (AvgIpc) is 2.40. The Bertz CT molecular complexity index is 390. The number of esters is 1. The molecule has 0 heterocycles. The minimum Gasteiger partial charge on any atom is -0.466 e. The maximum Gasteiger partial charge on any atom is 0.309 e. The van der Waals surface area contributed by atoms with Gasteiger partial charge in [-0.05, 0) is 12.5 Å². The zero-order valence-electron chi connectivity index (χ0n) is 10.5. The molecule has 1 aromatic carbocycles. The molecule has 1 N–H and O–H groups in total. The van der Waals surface area contributed by atoms with Crippen LogP contribution in [0.4, 0.5) is 0 Å². The summed E-state index contributed by atoms with van der Waals surface area (Å²) >= 11 is 5.81. The lowest BCUT2D eigenvalue weighted by Crippen LogP contribution is -2.14. The lowest BCUT2D eigenvalue weighted by atomic mass is 10.2. The molecule has 1 aromatic rings. The van der Waals surface area contributed by atoms with Gasteiger partial charge in [0, 0.05) is 12.2 Å². The Morgan fingerprint density at radius 1 is 1.39 bits per heavy atom. The van der Waals surface area contributed by atoms with Gasteiger partial charge in [0.1, 0.15) is 0 Å². The molecule has 0 atom stereocenters. The molecule has 0 saturated heterocycles. The third-order valence-corrected chi connectivity index (χ3v) is 2.61. The van der Waals surface area contributed by atoms with Gasteiger partial charge < -0.3 is 10.1 Å². The number of ether oxygens (including phenoxy) is 1. The van der Waals surface area contributed by atoms with E-state index in [9.17, 15) is 4.79 Å². The molecule has 4 heteroatoms. The van der Waals surface area contributed by atoms with Crippen molar-refractivity contribution >= 4 is 17.6 Å². The van der Waals surface area contributed by atoms with Crippen LogP contribution in [0.25, 0.3) is 0 Å².